The lowest BCUT2D eigenvalue weighted by Crippen LogP contribution is -2.38. The van der Waals surface area contributed by atoms with Gasteiger partial charge in [0, 0.05) is 30.4 Å². The van der Waals surface area contributed by atoms with E-state index in [-0.39, 0.29) is 11.2 Å². The van der Waals surface area contributed by atoms with Crippen LogP contribution in [0.1, 0.15) is 55.5 Å². The molecule has 1 N–H and O–H groups in total. The maximum atomic E-state index is 12.3. The third-order valence-electron chi connectivity index (χ3n) is 5.85. The van der Waals surface area contributed by atoms with Crippen LogP contribution in [-0.2, 0) is 17.8 Å². The van der Waals surface area contributed by atoms with E-state index in [9.17, 15) is 31.1 Å². The Kier molecular flexibility index (Phi) is 8.29. The molecule has 0 bridgehead atoms. The minimum Gasteiger partial charge on any atom is -0.460 e. The predicted octanol–water partition coefficient (Wildman–Crippen LogP) is 4.85. The van der Waals surface area contributed by atoms with E-state index in [1.54, 1.807) is 0 Å². The molecule has 0 radical (unpaired) electrons. The summed E-state index contributed by atoms with van der Waals surface area (Å²) in [6.45, 7) is 0.919. The molecule has 1 aromatic rings. The third-order valence-corrected chi connectivity index (χ3v) is 6.92. The van der Waals surface area contributed by atoms with E-state index in [0.717, 1.165) is 62.2 Å². The fourth-order valence-electron chi connectivity index (χ4n) is 4.14. The third kappa shape index (κ3) is 8.42. The quantitative estimate of drug-likeness (QED) is 0.533. The molecule has 2 aliphatic rings. The van der Waals surface area contributed by atoms with Crippen LogP contribution in [-0.4, -0.2) is 53.9 Å². The summed E-state index contributed by atoms with van der Waals surface area (Å²) in [7, 11) is 0. The largest absolute Gasteiger partial charge is 0.460 e. The van der Waals surface area contributed by atoms with Crippen molar-refractivity contribution in [2.24, 2.45) is 5.92 Å². The molecular formula is C20H27F6N3O2S. The van der Waals surface area contributed by atoms with Gasteiger partial charge in [0.25, 0.3) is 5.19 Å². The first kappa shape index (κ1) is 25.1. The summed E-state index contributed by atoms with van der Waals surface area (Å²) in [6, 6.07) is -0.0605. The standard InChI is InChI=1S/C20H27F6N3O2S/c21-19(22,23)8-5-17(30)27-14-3-1-13(2-4-14)6-9-29-10-7-16-15(11-29)28-18(32-16)31-12-20(24,25)26/h13-14H,1-12H2,(H,27,30). The van der Waals surface area contributed by atoms with Gasteiger partial charge in [0.2, 0.25) is 5.91 Å². The van der Waals surface area contributed by atoms with Gasteiger partial charge in [0.1, 0.15) is 0 Å². The van der Waals surface area contributed by atoms with Crippen molar-refractivity contribution < 1.29 is 35.9 Å². The molecular weight excluding hydrogens is 460 g/mol. The molecule has 3 rings (SSSR count). The molecule has 0 saturated heterocycles. The van der Waals surface area contributed by atoms with Crippen LogP contribution in [0.5, 0.6) is 5.19 Å². The Bertz CT molecular complexity index is 759. The number of hydrogen-bond donors (Lipinski definition) is 1. The predicted molar refractivity (Wildman–Crippen MR) is 106 cm³/mol. The molecule has 1 saturated carbocycles. The second-order valence-electron chi connectivity index (χ2n) is 8.47. The number of alkyl halides is 6. The minimum absolute atomic E-state index is 0.0600. The first-order chi connectivity index (χ1) is 15.0. The molecule has 2 heterocycles. The number of hydrogen-bond acceptors (Lipinski definition) is 5. The number of carbonyl (C=O) groups excluding carboxylic acids is 1. The highest BCUT2D eigenvalue weighted by Crippen LogP contribution is 2.32. The fraction of sp³-hybridized carbons (Fsp3) is 0.800. The smallest absolute Gasteiger partial charge is 0.422 e. The number of fused-ring (bicyclic) bond motifs is 1. The highest BCUT2D eigenvalue weighted by atomic mass is 32.1. The maximum absolute atomic E-state index is 12.3. The molecule has 5 nitrogen and oxygen atoms in total. The number of nitrogens with one attached hydrogen (secondary N) is 1. The molecule has 0 spiro atoms. The lowest BCUT2D eigenvalue weighted by Gasteiger charge is -2.32. The topological polar surface area (TPSA) is 54.5 Å². The number of nitrogens with zero attached hydrogens (tertiary/aromatic N) is 2. The lowest BCUT2D eigenvalue weighted by molar-refractivity contribution is -0.153. The first-order valence-corrected chi connectivity index (χ1v) is 11.5. The molecule has 1 aliphatic heterocycles. The van der Waals surface area contributed by atoms with Crippen LogP contribution < -0.4 is 10.1 Å². The lowest BCUT2D eigenvalue weighted by atomic mass is 9.84. The second-order valence-corrected chi connectivity index (χ2v) is 9.51. The summed E-state index contributed by atoms with van der Waals surface area (Å²) in [5.41, 5.74) is 0.781. The summed E-state index contributed by atoms with van der Waals surface area (Å²) >= 11 is 1.18. The molecule has 32 heavy (non-hydrogen) atoms. The SMILES string of the molecule is O=C(CCC(F)(F)F)NC1CCC(CCN2CCc3sc(OCC(F)(F)F)nc3C2)CC1. The number of amides is 1. The van der Waals surface area contributed by atoms with Crippen molar-refractivity contribution in [1.29, 1.82) is 0 Å². The Balaban J connectivity index is 1.34. The molecule has 1 aliphatic carbocycles. The van der Waals surface area contributed by atoms with Crippen LogP contribution >= 0.6 is 11.3 Å². The van der Waals surface area contributed by atoms with Crippen LogP contribution in [0.4, 0.5) is 26.3 Å². The molecule has 1 fully saturated rings. The average Bonchev–Trinajstić information content (AvgIpc) is 3.12. The molecule has 1 amide bonds. The van der Waals surface area contributed by atoms with E-state index >= 15 is 0 Å². The van der Waals surface area contributed by atoms with E-state index < -0.39 is 37.7 Å². The highest BCUT2D eigenvalue weighted by molar-refractivity contribution is 7.13. The van der Waals surface area contributed by atoms with Crippen LogP contribution in [0, 0.1) is 5.92 Å². The Morgan fingerprint density at radius 1 is 1.12 bits per heavy atom. The Morgan fingerprint density at radius 2 is 1.84 bits per heavy atom. The summed E-state index contributed by atoms with van der Waals surface area (Å²) in [5.74, 6) is -0.0578. The van der Waals surface area contributed by atoms with Crippen LogP contribution in [0.3, 0.4) is 0 Å². The Hall–Kier alpha value is -1.56. The normalized spacial score (nSPS) is 22.4. The number of thiazole rings is 1. The van der Waals surface area contributed by atoms with Gasteiger partial charge < -0.3 is 10.1 Å². The van der Waals surface area contributed by atoms with Crippen molar-refractivity contribution in [3.63, 3.8) is 0 Å². The highest BCUT2D eigenvalue weighted by Gasteiger charge is 2.31. The molecule has 182 valence electrons. The number of halogens is 6. The zero-order valence-electron chi connectivity index (χ0n) is 17.5. The minimum atomic E-state index is -4.39. The van der Waals surface area contributed by atoms with Gasteiger partial charge in [-0.3, -0.25) is 9.69 Å². The van der Waals surface area contributed by atoms with Gasteiger partial charge in [-0.1, -0.05) is 11.3 Å². The zero-order chi connectivity index (χ0) is 23.4. The monoisotopic (exact) mass is 487 g/mol. The summed E-state index contributed by atoms with van der Waals surface area (Å²) in [6.07, 6.45) is -5.28. The summed E-state index contributed by atoms with van der Waals surface area (Å²) < 4.78 is 78.3. The van der Waals surface area contributed by atoms with Crippen molar-refractivity contribution in [2.45, 2.75) is 76.3 Å². The van der Waals surface area contributed by atoms with E-state index in [4.69, 9.17) is 4.74 Å². The van der Waals surface area contributed by atoms with E-state index in [2.05, 4.69) is 15.2 Å². The molecule has 12 heteroatoms. The Labute approximate surface area is 186 Å². The van der Waals surface area contributed by atoms with Crippen LogP contribution in [0.25, 0.3) is 0 Å². The van der Waals surface area contributed by atoms with Gasteiger partial charge in [-0.15, -0.1) is 0 Å². The zero-order valence-corrected chi connectivity index (χ0v) is 18.3. The van der Waals surface area contributed by atoms with Gasteiger partial charge in [-0.2, -0.15) is 26.3 Å². The Morgan fingerprint density at radius 3 is 2.50 bits per heavy atom. The number of rotatable bonds is 8. The maximum Gasteiger partial charge on any atom is 0.422 e. The van der Waals surface area contributed by atoms with E-state index in [1.807, 2.05) is 0 Å². The van der Waals surface area contributed by atoms with Crippen LogP contribution in [0.2, 0.25) is 0 Å². The van der Waals surface area contributed by atoms with Gasteiger partial charge in [0.15, 0.2) is 6.61 Å². The number of aromatic nitrogens is 1. The van der Waals surface area contributed by atoms with Crippen molar-refractivity contribution in [2.75, 3.05) is 19.7 Å². The van der Waals surface area contributed by atoms with Gasteiger partial charge in [-0.05, 0) is 51.0 Å². The molecule has 0 atom stereocenters. The van der Waals surface area contributed by atoms with Gasteiger partial charge >= 0.3 is 12.4 Å². The van der Waals surface area contributed by atoms with Gasteiger partial charge in [-0.25, -0.2) is 4.98 Å². The second kappa shape index (κ2) is 10.6. The van der Waals surface area contributed by atoms with E-state index in [1.165, 1.54) is 11.3 Å². The van der Waals surface area contributed by atoms with E-state index in [0.29, 0.717) is 12.5 Å². The van der Waals surface area contributed by atoms with Gasteiger partial charge in [0.05, 0.1) is 12.1 Å². The van der Waals surface area contributed by atoms with Crippen molar-refractivity contribution in [3.05, 3.63) is 10.6 Å². The van der Waals surface area contributed by atoms with Crippen molar-refractivity contribution in [3.8, 4) is 5.19 Å². The molecule has 1 aromatic heterocycles. The van der Waals surface area contributed by atoms with Crippen LogP contribution in [0.15, 0.2) is 0 Å². The molecule has 0 aromatic carbocycles. The summed E-state index contributed by atoms with van der Waals surface area (Å²) in [5, 5.41) is 2.77. The average molecular weight is 488 g/mol. The van der Waals surface area contributed by atoms with Crippen molar-refractivity contribution in [1.82, 2.24) is 15.2 Å². The number of ether oxygens (including phenoxy) is 1. The molecule has 0 unspecified atom stereocenters. The number of carbonyl (C=O) groups is 1. The first-order valence-electron chi connectivity index (χ1n) is 10.7. The summed E-state index contributed by atoms with van der Waals surface area (Å²) in [4.78, 5) is 19.1. The fourth-order valence-corrected chi connectivity index (χ4v) is 5.05. The van der Waals surface area contributed by atoms with Crippen molar-refractivity contribution >= 4 is 17.2 Å².